The van der Waals surface area contributed by atoms with Crippen LogP contribution in [0.15, 0.2) is 66.7 Å². The average molecular weight is 454 g/mol. The Bertz CT molecular complexity index is 965. The lowest BCUT2D eigenvalue weighted by atomic mass is 10.1. The van der Waals surface area contributed by atoms with Crippen LogP contribution in [0.2, 0.25) is 0 Å². The summed E-state index contributed by atoms with van der Waals surface area (Å²) in [5, 5.41) is 5.36. The van der Waals surface area contributed by atoms with E-state index in [1.807, 2.05) is 42.5 Å². The van der Waals surface area contributed by atoms with Gasteiger partial charge in [-0.25, -0.2) is 9.59 Å². The number of carbonyl (C=O) groups excluding carboxylic acids is 2. The number of carbonyl (C=O) groups is 2. The van der Waals surface area contributed by atoms with E-state index in [0.717, 1.165) is 5.56 Å². The third-order valence-corrected chi connectivity index (χ3v) is 5.30. The molecule has 0 unspecified atom stereocenters. The minimum absolute atomic E-state index is 0.0955. The van der Waals surface area contributed by atoms with E-state index in [1.54, 1.807) is 31.4 Å². The molecule has 2 aliphatic heterocycles. The summed E-state index contributed by atoms with van der Waals surface area (Å²) >= 11 is 0. The second-order valence-electron chi connectivity index (χ2n) is 7.53. The van der Waals surface area contributed by atoms with Crippen molar-refractivity contribution in [2.45, 2.75) is 31.0 Å². The molecule has 174 valence electrons. The molecule has 2 aromatic carbocycles. The summed E-state index contributed by atoms with van der Waals surface area (Å²) in [6.45, 7) is 0.640. The Morgan fingerprint density at radius 2 is 1.85 bits per heavy atom. The zero-order valence-electron chi connectivity index (χ0n) is 18.1. The summed E-state index contributed by atoms with van der Waals surface area (Å²) in [5.41, 5.74) is 1.44. The van der Waals surface area contributed by atoms with Crippen LogP contribution in [-0.2, 0) is 25.6 Å². The Labute approximate surface area is 191 Å². The summed E-state index contributed by atoms with van der Waals surface area (Å²) < 4.78 is 27.7. The van der Waals surface area contributed by atoms with Gasteiger partial charge in [-0.05, 0) is 29.8 Å². The molecule has 33 heavy (non-hydrogen) atoms. The van der Waals surface area contributed by atoms with Crippen molar-refractivity contribution in [1.82, 2.24) is 5.32 Å². The highest BCUT2D eigenvalue weighted by Gasteiger charge is 2.47. The molecule has 2 N–H and O–H groups in total. The normalized spacial score (nSPS) is 23.3. The molecule has 0 radical (unpaired) electrons. The number of anilines is 1. The summed E-state index contributed by atoms with van der Waals surface area (Å²) in [6, 6.07) is 16.2. The van der Waals surface area contributed by atoms with Gasteiger partial charge in [0, 0.05) is 5.69 Å². The van der Waals surface area contributed by atoms with E-state index in [2.05, 4.69) is 10.6 Å². The van der Waals surface area contributed by atoms with E-state index in [9.17, 15) is 9.59 Å². The number of amides is 2. The maximum atomic E-state index is 12.5. The summed E-state index contributed by atoms with van der Waals surface area (Å²) in [4.78, 5) is 24.7. The molecule has 0 aliphatic carbocycles. The van der Waals surface area contributed by atoms with Gasteiger partial charge >= 0.3 is 12.2 Å². The van der Waals surface area contributed by atoms with Crippen molar-refractivity contribution in [3.63, 3.8) is 0 Å². The molecule has 2 heterocycles. The number of nitrogens with one attached hydrogen (secondary N) is 2. The number of methoxy groups -OCH3 is 1. The van der Waals surface area contributed by atoms with Gasteiger partial charge in [0.2, 0.25) is 0 Å². The summed E-state index contributed by atoms with van der Waals surface area (Å²) in [5.74, 6) is 0.675. The predicted octanol–water partition coefficient (Wildman–Crippen LogP) is 3.26. The standard InChI is InChI=1S/C24H26N2O7/c1-29-18-11-9-17(10-12-18)26-24(28)33-22-20(32-19-8-5-13-30-21(19)22)14-25-23(27)31-15-16-6-3-2-4-7-16/h2-12,19-22H,13-15H2,1H3,(H,25,27)(H,26,28)/t19-,20+,21+,22+/m0/s1. The molecule has 1 saturated heterocycles. The number of ether oxygens (including phenoxy) is 5. The molecular formula is C24H26N2O7. The first kappa shape index (κ1) is 22.6. The van der Waals surface area contributed by atoms with Crippen LogP contribution in [-0.4, -0.2) is 56.9 Å². The van der Waals surface area contributed by atoms with Gasteiger partial charge < -0.3 is 29.0 Å². The van der Waals surface area contributed by atoms with Crippen LogP contribution in [0.5, 0.6) is 5.75 Å². The van der Waals surface area contributed by atoms with Crippen molar-refractivity contribution in [3.05, 3.63) is 72.3 Å². The average Bonchev–Trinajstić information content (AvgIpc) is 3.19. The SMILES string of the molecule is COc1ccc(NC(=O)O[C@H]2[C@@H]3OCC=C[C@@H]3O[C@@H]2CNC(=O)OCc2ccccc2)cc1. The van der Waals surface area contributed by atoms with Crippen LogP contribution < -0.4 is 15.4 Å². The molecule has 0 aromatic heterocycles. The van der Waals surface area contributed by atoms with Crippen LogP contribution in [0.25, 0.3) is 0 Å². The van der Waals surface area contributed by atoms with Gasteiger partial charge in [-0.1, -0.05) is 42.5 Å². The van der Waals surface area contributed by atoms with Crippen molar-refractivity contribution in [2.75, 3.05) is 25.6 Å². The monoisotopic (exact) mass is 454 g/mol. The molecule has 2 aromatic rings. The number of rotatable bonds is 7. The molecular weight excluding hydrogens is 428 g/mol. The van der Waals surface area contributed by atoms with Gasteiger partial charge in [-0.3, -0.25) is 5.32 Å². The molecule has 9 nitrogen and oxygen atoms in total. The van der Waals surface area contributed by atoms with Crippen molar-refractivity contribution in [2.24, 2.45) is 0 Å². The van der Waals surface area contributed by atoms with Gasteiger partial charge in [-0.2, -0.15) is 0 Å². The van der Waals surface area contributed by atoms with E-state index in [-0.39, 0.29) is 19.3 Å². The van der Waals surface area contributed by atoms with Crippen molar-refractivity contribution >= 4 is 17.9 Å². The fourth-order valence-corrected chi connectivity index (χ4v) is 3.67. The van der Waals surface area contributed by atoms with Gasteiger partial charge in [0.05, 0.1) is 20.3 Å². The van der Waals surface area contributed by atoms with Gasteiger partial charge in [0.15, 0.2) is 6.10 Å². The van der Waals surface area contributed by atoms with Crippen LogP contribution in [0, 0.1) is 0 Å². The number of alkyl carbamates (subject to hydrolysis) is 1. The van der Waals surface area contributed by atoms with E-state index < -0.39 is 30.5 Å². The summed E-state index contributed by atoms with van der Waals surface area (Å²) in [7, 11) is 1.57. The second-order valence-corrected chi connectivity index (χ2v) is 7.53. The van der Waals surface area contributed by atoms with Crippen molar-refractivity contribution < 1.29 is 33.3 Å². The van der Waals surface area contributed by atoms with E-state index >= 15 is 0 Å². The van der Waals surface area contributed by atoms with E-state index in [0.29, 0.717) is 18.0 Å². The molecule has 0 bridgehead atoms. The van der Waals surface area contributed by atoms with Crippen LogP contribution in [0.4, 0.5) is 15.3 Å². The van der Waals surface area contributed by atoms with Crippen LogP contribution >= 0.6 is 0 Å². The van der Waals surface area contributed by atoms with Gasteiger partial charge in [0.25, 0.3) is 0 Å². The quantitative estimate of drug-likeness (QED) is 0.619. The zero-order chi connectivity index (χ0) is 23.0. The molecule has 4 atom stereocenters. The molecule has 1 fully saturated rings. The fourth-order valence-electron chi connectivity index (χ4n) is 3.67. The highest BCUT2D eigenvalue weighted by atomic mass is 16.6. The van der Waals surface area contributed by atoms with Crippen LogP contribution in [0.1, 0.15) is 5.56 Å². The van der Waals surface area contributed by atoms with Crippen molar-refractivity contribution in [3.8, 4) is 5.75 Å². The molecule has 9 heteroatoms. The smallest absolute Gasteiger partial charge is 0.412 e. The maximum Gasteiger partial charge on any atom is 0.412 e. The Balaban J connectivity index is 1.32. The van der Waals surface area contributed by atoms with Crippen LogP contribution in [0.3, 0.4) is 0 Å². The fraction of sp³-hybridized carbons (Fsp3) is 0.333. The Morgan fingerprint density at radius 3 is 2.61 bits per heavy atom. The molecule has 2 amide bonds. The second kappa shape index (κ2) is 10.8. The van der Waals surface area contributed by atoms with Gasteiger partial charge in [0.1, 0.15) is 30.7 Å². The van der Waals surface area contributed by atoms with E-state index in [4.69, 9.17) is 23.7 Å². The number of hydrogen-bond donors (Lipinski definition) is 2. The third kappa shape index (κ3) is 6.03. The number of hydrogen-bond acceptors (Lipinski definition) is 7. The molecule has 0 spiro atoms. The zero-order valence-corrected chi connectivity index (χ0v) is 18.1. The first-order chi connectivity index (χ1) is 16.1. The third-order valence-electron chi connectivity index (χ3n) is 5.30. The Hall–Kier alpha value is -3.56. The predicted molar refractivity (Wildman–Crippen MR) is 119 cm³/mol. The molecule has 2 aliphatic rings. The largest absolute Gasteiger partial charge is 0.497 e. The minimum atomic E-state index is -0.715. The molecule has 4 rings (SSSR count). The van der Waals surface area contributed by atoms with E-state index in [1.165, 1.54) is 0 Å². The Morgan fingerprint density at radius 1 is 1.06 bits per heavy atom. The highest BCUT2D eigenvalue weighted by Crippen LogP contribution is 2.30. The minimum Gasteiger partial charge on any atom is -0.497 e. The van der Waals surface area contributed by atoms with Crippen molar-refractivity contribution in [1.29, 1.82) is 0 Å². The topological polar surface area (TPSA) is 104 Å². The summed E-state index contributed by atoms with van der Waals surface area (Å²) in [6.07, 6.45) is 0.327. The highest BCUT2D eigenvalue weighted by molar-refractivity contribution is 5.84. The molecule has 0 saturated carbocycles. The first-order valence-electron chi connectivity index (χ1n) is 10.6. The number of fused-ring (bicyclic) bond motifs is 1. The van der Waals surface area contributed by atoms with Gasteiger partial charge in [-0.15, -0.1) is 0 Å². The number of benzene rings is 2. The first-order valence-corrected chi connectivity index (χ1v) is 10.6. The lowest BCUT2D eigenvalue weighted by Gasteiger charge is -2.25. The lowest BCUT2D eigenvalue weighted by Crippen LogP contribution is -2.44. The maximum absolute atomic E-state index is 12.5. The Kier molecular flexibility index (Phi) is 7.43. The lowest BCUT2D eigenvalue weighted by molar-refractivity contribution is -0.0250.